The summed E-state index contributed by atoms with van der Waals surface area (Å²) in [5.74, 6) is -1.03. The van der Waals surface area contributed by atoms with E-state index in [2.05, 4.69) is 6.92 Å². The Bertz CT molecular complexity index is 418. The van der Waals surface area contributed by atoms with Gasteiger partial charge in [-0.1, -0.05) is 96.8 Å². The lowest BCUT2D eigenvalue weighted by atomic mass is 10.0. The number of aliphatic hydroxyl groups is 2. The Morgan fingerprint density at radius 2 is 0.938 bits per heavy atom. The van der Waals surface area contributed by atoms with Gasteiger partial charge in [0, 0.05) is 19.8 Å². The standard InChI is InChI=1S/C27H55NO4/c1-4-5-6-7-8-9-10-11-12-13-14-15-16-17-18-20-23-28(25(2)29,26(3)30)24-21-19-22-27(31)32/h25-26,29-30H,4-24H2,1-3H3. The third kappa shape index (κ3) is 16.0. The summed E-state index contributed by atoms with van der Waals surface area (Å²) in [6.45, 7) is 7.07. The molecule has 0 heterocycles. The van der Waals surface area contributed by atoms with Crippen molar-refractivity contribution in [1.29, 1.82) is 0 Å². The van der Waals surface area contributed by atoms with Crippen molar-refractivity contribution >= 4 is 5.97 Å². The van der Waals surface area contributed by atoms with Crippen LogP contribution in [0.2, 0.25) is 0 Å². The molecule has 0 radical (unpaired) electrons. The molecule has 0 saturated carbocycles. The number of rotatable bonds is 24. The topological polar surface area (TPSA) is 80.6 Å². The average molecular weight is 458 g/mol. The Morgan fingerprint density at radius 1 is 0.625 bits per heavy atom. The summed E-state index contributed by atoms with van der Waals surface area (Å²) in [6.07, 6.45) is 21.1. The van der Waals surface area contributed by atoms with E-state index < -0.39 is 18.4 Å². The van der Waals surface area contributed by atoms with Gasteiger partial charge in [0.05, 0.1) is 13.1 Å². The molecule has 5 nitrogen and oxygen atoms in total. The Labute approximate surface area is 199 Å². The van der Waals surface area contributed by atoms with E-state index in [9.17, 15) is 20.1 Å². The molecule has 0 fully saturated rings. The molecule has 0 aromatic rings. The zero-order valence-corrected chi connectivity index (χ0v) is 21.7. The van der Waals surface area contributed by atoms with Crippen LogP contribution in [-0.4, -0.2) is 46.2 Å². The molecule has 32 heavy (non-hydrogen) atoms. The number of unbranched alkanes of at least 4 members (excludes halogenated alkanes) is 16. The first-order valence-corrected chi connectivity index (χ1v) is 13.8. The summed E-state index contributed by atoms with van der Waals surface area (Å²) in [7, 11) is 0. The van der Waals surface area contributed by atoms with Crippen molar-refractivity contribution in [2.75, 3.05) is 13.1 Å². The minimum absolute atomic E-state index is 0.0403. The summed E-state index contributed by atoms with van der Waals surface area (Å²) in [5, 5.41) is 31.3. The van der Waals surface area contributed by atoms with Crippen LogP contribution in [0.25, 0.3) is 0 Å². The molecule has 0 saturated heterocycles. The quantitative estimate of drug-likeness (QED) is 0.111. The molecule has 192 valence electrons. The second-order valence-electron chi connectivity index (χ2n) is 9.95. The monoisotopic (exact) mass is 457 g/mol. The molecular formula is C27H55NO4. The Morgan fingerprint density at radius 3 is 1.25 bits per heavy atom. The fourth-order valence-electron chi connectivity index (χ4n) is 4.80. The van der Waals surface area contributed by atoms with Crippen molar-refractivity contribution < 1.29 is 24.6 Å². The van der Waals surface area contributed by atoms with Crippen molar-refractivity contribution in [3.05, 3.63) is 0 Å². The van der Waals surface area contributed by atoms with E-state index >= 15 is 0 Å². The molecule has 0 aromatic heterocycles. The van der Waals surface area contributed by atoms with Crippen LogP contribution >= 0.6 is 0 Å². The number of carbonyl (C=O) groups is 1. The van der Waals surface area contributed by atoms with Crippen molar-refractivity contribution in [3.63, 3.8) is 0 Å². The van der Waals surface area contributed by atoms with E-state index in [1.54, 1.807) is 13.8 Å². The van der Waals surface area contributed by atoms with E-state index in [0.717, 1.165) is 19.4 Å². The van der Waals surface area contributed by atoms with Gasteiger partial charge in [0.15, 0.2) is 12.5 Å². The number of carboxylic acids is 1. The van der Waals surface area contributed by atoms with Gasteiger partial charge in [0.25, 0.3) is 0 Å². The fraction of sp³-hybridized carbons (Fsp3) is 0.963. The minimum Gasteiger partial charge on any atom is -0.550 e. The third-order valence-electron chi connectivity index (χ3n) is 7.12. The molecule has 2 unspecified atom stereocenters. The molecule has 0 bridgehead atoms. The fourth-order valence-corrected chi connectivity index (χ4v) is 4.80. The zero-order valence-electron chi connectivity index (χ0n) is 21.7. The van der Waals surface area contributed by atoms with Crippen LogP contribution < -0.4 is 5.11 Å². The predicted molar refractivity (Wildman–Crippen MR) is 132 cm³/mol. The number of nitrogens with zero attached hydrogens (tertiary/aromatic N) is 1. The lowest BCUT2D eigenvalue weighted by molar-refractivity contribution is -1.01. The first kappa shape index (κ1) is 31.4. The van der Waals surface area contributed by atoms with Crippen molar-refractivity contribution in [1.82, 2.24) is 0 Å². The van der Waals surface area contributed by atoms with Crippen molar-refractivity contribution in [2.24, 2.45) is 0 Å². The molecule has 0 aliphatic heterocycles. The average Bonchev–Trinajstić information content (AvgIpc) is 2.74. The SMILES string of the molecule is CCCCCCCCCCCCCCCCCC[N+](CCCCC(=O)[O-])(C(C)O)C(C)O. The molecule has 0 aliphatic carbocycles. The van der Waals surface area contributed by atoms with Crippen LogP contribution in [0.1, 0.15) is 143 Å². The highest BCUT2D eigenvalue weighted by Crippen LogP contribution is 2.22. The number of aliphatic carboxylic acids is 1. The highest BCUT2D eigenvalue weighted by Gasteiger charge is 2.36. The summed E-state index contributed by atoms with van der Waals surface area (Å²) >= 11 is 0. The first-order chi connectivity index (χ1) is 15.4. The number of hydrogen-bond acceptors (Lipinski definition) is 4. The molecule has 0 aromatic carbocycles. The van der Waals surface area contributed by atoms with Gasteiger partial charge in [-0.25, -0.2) is 0 Å². The molecule has 0 rings (SSSR count). The maximum Gasteiger partial charge on any atom is 0.189 e. The second kappa shape index (κ2) is 20.9. The maximum absolute atomic E-state index is 10.6. The van der Waals surface area contributed by atoms with Crippen molar-refractivity contribution in [2.45, 2.75) is 155 Å². The molecule has 0 amide bonds. The van der Waals surface area contributed by atoms with Crippen LogP contribution in [0.4, 0.5) is 0 Å². The lowest BCUT2D eigenvalue weighted by Gasteiger charge is -2.43. The van der Waals surface area contributed by atoms with Gasteiger partial charge in [0.2, 0.25) is 0 Å². The van der Waals surface area contributed by atoms with Gasteiger partial charge in [0.1, 0.15) is 0 Å². The maximum atomic E-state index is 10.6. The highest BCUT2D eigenvalue weighted by atomic mass is 16.4. The summed E-state index contributed by atoms with van der Waals surface area (Å²) in [6, 6.07) is 0. The Balaban J connectivity index is 3.77. The number of carboxylic acid groups (broad SMARTS) is 1. The van der Waals surface area contributed by atoms with Gasteiger partial charge in [-0.05, 0) is 32.1 Å². The molecule has 0 aliphatic rings. The largest absolute Gasteiger partial charge is 0.550 e. The number of quaternary nitrogens is 1. The summed E-state index contributed by atoms with van der Waals surface area (Å²) < 4.78 is 0.242. The molecule has 2 atom stereocenters. The van der Waals surface area contributed by atoms with Gasteiger partial charge >= 0.3 is 0 Å². The normalized spacial score (nSPS) is 15.4. The lowest BCUT2D eigenvalue weighted by Crippen LogP contribution is -2.60. The van der Waals surface area contributed by atoms with Gasteiger partial charge in [-0.15, -0.1) is 0 Å². The van der Waals surface area contributed by atoms with Crippen LogP contribution in [0.3, 0.4) is 0 Å². The van der Waals surface area contributed by atoms with Gasteiger partial charge in [-0.3, -0.25) is 4.48 Å². The molecule has 2 N–H and O–H groups in total. The zero-order chi connectivity index (χ0) is 24.1. The molecular weight excluding hydrogens is 402 g/mol. The smallest absolute Gasteiger partial charge is 0.189 e. The minimum atomic E-state index is -1.03. The molecule has 0 spiro atoms. The Kier molecular flexibility index (Phi) is 20.5. The van der Waals surface area contributed by atoms with Gasteiger partial charge < -0.3 is 20.1 Å². The van der Waals surface area contributed by atoms with E-state index in [4.69, 9.17) is 0 Å². The van der Waals surface area contributed by atoms with E-state index in [-0.39, 0.29) is 10.9 Å². The van der Waals surface area contributed by atoms with Crippen LogP contribution in [0.15, 0.2) is 0 Å². The second-order valence-corrected chi connectivity index (χ2v) is 9.95. The van der Waals surface area contributed by atoms with Gasteiger partial charge in [-0.2, -0.15) is 0 Å². The summed E-state index contributed by atoms with van der Waals surface area (Å²) in [4.78, 5) is 10.6. The van der Waals surface area contributed by atoms with Crippen molar-refractivity contribution in [3.8, 4) is 0 Å². The Hall–Kier alpha value is -0.650. The number of aliphatic hydroxyl groups excluding tert-OH is 2. The van der Waals surface area contributed by atoms with E-state index in [1.807, 2.05) is 0 Å². The third-order valence-corrected chi connectivity index (χ3v) is 7.12. The molecule has 5 heteroatoms. The highest BCUT2D eigenvalue weighted by molar-refractivity contribution is 5.64. The van der Waals surface area contributed by atoms with E-state index in [0.29, 0.717) is 19.4 Å². The summed E-state index contributed by atoms with van der Waals surface area (Å²) in [5.41, 5.74) is 0. The first-order valence-electron chi connectivity index (χ1n) is 13.8. The van der Waals surface area contributed by atoms with Crippen LogP contribution in [0, 0.1) is 0 Å². The van der Waals surface area contributed by atoms with Crippen LogP contribution in [0.5, 0.6) is 0 Å². The van der Waals surface area contributed by atoms with E-state index in [1.165, 1.54) is 89.9 Å². The number of carbonyl (C=O) groups excluding carboxylic acids is 1. The number of hydrogen-bond donors (Lipinski definition) is 2. The predicted octanol–water partition coefficient (Wildman–Crippen LogP) is 5.66. The van der Waals surface area contributed by atoms with Crippen LogP contribution in [-0.2, 0) is 4.79 Å².